The van der Waals surface area contributed by atoms with Gasteiger partial charge in [-0.05, 0) is 60.7 Å². The van der Waals surface area contributed by atoms with Gasteiger partial charge in [0.25, 0.3) is 36.0 Å². The van der Waals surface area contributed by atoms with Crippen molar-refractivity contribution in [2.24, 2.45) is 30.7 Å². The SMILES string of the molecule is Nc1cc(N)c([N+](=O)[O-])cc1N=Nc1ccc(N=Nc2ccc(N=Nc3cc(S(=O)(=O)O)ccc3S(=O)(=O)O)c3ccccc23)c2ccc(S(=O)(=O)O)cc12.[Na]. The van der Waals surface area contributed by atoms with E-state index in [1.54, 1.807) is 24.3 Å². The van der Waals surface area contributed by atoms with Crippen LogP contribution in [0.1, 0.15) is 0 Å². The molecule has 0 heterocycles. The number of benzene rings is 6. The van der Waals surface area contributed by atoms with Crippen molar-refractivity contribution in [2.45, 2.75) is 14.7 Å². The Morgan fingerprint density at radius 3 is 1.39 bits per heavy atom. The number of rotatable bonds is 10. The van der Waals surface area contributed by atoms with Crippen LogP contribution in [-0.4, -0.2) is 73.4 Å². The van der Waals surface area contributed by atoms with Crippen LogP contribution in [0.4, 0.5) is 51.2 Å². The molecule has 7 N–H and O–H groups in total. The van der Waals surface area contributed by atoms with E-state index in [1.165, 1.54) is 30.3 Å². The summed E-state index contributed by atoms with van der Waals surface area (Å²) in [6.45, 7) is 0. The van der Waals surface area contributed by atoms with E-state index in [4.69, 9.17) is 11.5 Å². The number of hydrogen-bond donors (Lipinski definition) is 5. The molecule has 0 atom stereocenters. The van der Waals surface area contributed by atoms with Crippen molar-refractivity contribution in [2.75, 3.05) is 11.5 Å². The van der Waals surface area contributed by atoms with Gasteiger partial charge in [-0.1, -0.05) is 30.3 Å². The molecule has 0 unspecified atom stereocenters. The maximum Gasteiger partial charge on any atom is 0.296 e. The van der Waals surface area contributed by atoms with Crippen molar-refractivity contribution < 1.29 is 43.8 Å². The minimum absolute atomic E-state index is 0. The molecule has 0 saturated heterocycles. The number of nitrogens with two attached hydrogens (primary N) is 2. The molecule has 0 aliphatic heterocycles. The molecule has 6 aromatic carbocycles. The number of fused-ring (bicyclic) bond motifs is 2. The fourth-order valence-corrected chi connectivity index (χ4v) is 6.82. The smallest absolute Gasteiger partial charge is 0.296 e. The largest absolute Gasteiger partial charge is 0.397 e. The molecule has 1 radical (unpaired) electrons. The molecular weight excluding hydrogens is 806 g/mol. The van der Waals surface area contributed by atoms with Gasteiger partial charge in [-0.3, -0.25) is 23.8 Å². The van der Waals surface area contributed by atoms with E-state index in [0.717, 1.165) is 42.5 Å². The average Bonchev–Trinajstić information content (AvgIpc) is 3.11. The van der Waals surface area contributed by atoms with Crippen LogP contribution in [0.15, 0.2) is 142 Å². The van der Waals surface area contributed by atoms with E-state index in [9.17, 15) is 49.0 Å². The van der Waals surface area contributed by atoms with Crippen LogP contribution in [0.5, 0.6) is 0 Å². The molecule has 0 aromatic heterocycles. The number of azo groups is 3. The summed E-state index contributed by atoms with van der Waals surface area (Å²) >= 11 is 0. The first-order valence-electron chi connectivity index (χ1n) is 15.0. The Labute approximate surface area is 338 Å². The van der Waals surface area contributed by atoms with E-state index < -0.39 is 61.3 Å². The number of hydrogen-bond acceptors (Lipinski definition) is 16. The summed E-state index contributed by atoms with van der Waals surface area (Å²) in [6.07, 6.45) is 0. The van der Waals surface area contributed by atoms with E-state index in [-0.39, 0.29) is 69.1 Å². The summed E-state index contributed by atoms with van der Waals surface area (Å²) in [5.74, 6) is 0. The molecule has 0 bridgehead atoms. The standard InChI is InChI=1S/C32H23N9O11S3.Na/c33-23-15-24(34)31(41(42)43)16-29(23)39-38-28-11-10-27(21-7-5-17(13-22(21)28)53(44,45)46)36-35-25-8-9-26(20-4-2-1-3-19(20)25)37-40-30-14-18(54(47,48)49)6-12-32(30)55(50,51)52;/h1-16H,33-34H2,(H,44,45,46)(H,47,48,49)(H,50,51,52);. The van der Waals surface area contributed by atoms with E-state index in [0.29, 0.717) is 21.8 Å². The second kappa shape index (κ2) is 15.8. The summed E-state index contributed by atoms with van der Waals surface area (Å²) in [4.78, 5) is 8.72. The predicted octanol–water partition coefficient (Wildman–Crippen LogP) is 7.67. The summed E-state index contributed by atoms with van der Waals surface area (Å²) in [5, 5.41) is 37.5. The fourth-order valence-electron chi connectivity index (χ4n) is 5.21. The fraction of sp³-hybridized carbons (Fsp3) is 0. The second-order valence-electron chi connectivity index (χ2n) is 11.3. The van der Waals surface area contributed by atoms with E-state index in [2.05, 4.69) is 30.7 Å². The van der Waals surface area contributed by atoms with Gasteiger partial charge in [0.05, 0.1) is 43.2 Å². The third-order valence-corrected chi connectivity index (χ3v) is 10.4. The van der Waals surface area contributed by atoms with Gasteiger partial charge >= 0.3 is 0 Å². The Kier molecular flexibility index (Phi) is 11.8. The van der Waals surface area contributed by atoms with Gasteiger partial charge in [0.15, 0.2) is 0 Å². The Morgan fingerprint density at radius 2 is 0.911 bits per heavy atom. The third-order valence-electron chi connectivity index (χ3n) is 7.79. The zero-order valence-corrected chi connectivity index (χ0v) is 32.8. The minimum atomic E-state index is -4.88. The van der Waals surface area contributed by atoms with E-state index in [1.807, 2.05) is 0 Å². The van der Waals surface area contributed by atoms with Crippen LogP contribution in [0, 0.1) is 10.1 Å². The zero-order chi connectivity index (χ0) is 39.9. The van der Waals surface area contributed by atoms with Crippen LogP contribution in [0.2, 0.25) is 0 Å². The molecule has 281 valence electrons. The first-order chi connectivity index (χ1) is 25.8. The van der Waals surface area contributed by atoms with Crippen LogP contribution in [0.3, 0.4) is 0 Å². The molecule has 0 spiro atoms. The Balaban J connectivity index is 0.00000600. The molecule has 0 fully saturated rings. The van der Waals surface area contributed by atoms with Crippen molar-refractivity contribution in [3.8, 4) is 0 Å². The van der Waals surface area contributed by atoms with Crippen LogP contribution >= 0.6 is 0 Å². The van der Waals surface area contributed by atoms with Gasteiger partial charge in [-0.2, -0.15) is 25.3 Å². The van der Waals surface area contributed by atoms with Gasteiger partial charge in [-0.15, -0.1) is 30.7 Å². The summed E-state index contributed by atoms with van der Waals surface area (Å²) in [5.41, 5.74) is 11.0. The van der Waals surface area contributed by atoms with Crippen LogP contribution in [-0.2, 0) is 30.4 Å². The molecule has 24 heteroatoms. The van der Waals surface area contributed by atoms with Crippen molar-refractivity contribution in [1.29, 1.82) is 0 Å². The zero-order valence-electron chi connectivity index (χ0n) is 28.4. The summed E-state index contributed by atoms with van der Waals surface area (Å²) < 4.78 is 100.0. The topological polar surface area (TPSA) is 332 Å². The summed E-state index contributed by atoms with van der Waals surface area (Å²) in [7, 11) is -14.3. The molecule has 20 nitrogen and oxygen atoms in total. The quantitative estimate of drug-likeness (QED) is 0.0221. The number of nitro benzene ring substituents is 1. The number of nitrogens with zero attached hydrogens (tertiary/aromatic N) is 7. The molecule has 0 aliphatic rings. The van der Waals surface area contributed by atoms with Gasteiger partial charge < -0.3 is 11.5 Å². The number of nitrogen functional groups attached to an aromatic ring is 2. The first kappa shape index (κ1) is 41.5. The van der Waals surface area contributed by atoms with Crippen molar-refractivity contribution in [3.63, 3.8) is 0 Å². The Bertz CT molecular complexity index is 3040. The van der Waals surface area contributed by atoms with Gasteiger partial charge in [-0.25, -0.2) is 0 Å². The molecule has 56 heavy (non-hydrogen) atoms. The molecular formula is C32H23N9NaO11S3. The average molecular weight is 829 g/mol. The normalized spacial score (nSPS) is 12.6. The number of nitro groups is 1. The minimum Gasteiger partial charge on any atom is -0.397 e. The Morgan fingerprint density at radius 1 is 0.482 bits per heavy atom. The number of anilines is 2. The van der Waals surface area contributed by atoms with E-state index >= 15 is 0 Å². The maximum absolute atomic E-state index is 12.0. The van der Waals surface area contributed by atoms with Crippen LogP contribution in [0.25, 0.3) is 21.5 Å². The van der Waals surface area contributed by atoms with Crippen molar-refractivity contribution >= 4 is 133 Å². The third kappa shape index (κ3) is 8.91. The van der Waals surface area contributed by atoms with Crippen molar-refractivity contribution in [1.82, 2.24) is 0 Å². The van der Waals surface area contributed by atoms with Gasteiger partial charge in [0.1, 0.15) is 22.0 Å². The predicted molar refractivity (Wildman–Crippen MR) is 204 cm³/mol. The van der Waals surface area contributed by atoms with Gasteiger partial charge in [0, 0.05) is 57.2 Å². The Hall–Kier alpha value is -5.63. The van der Waals surface area contributed by atoms with Crippen molar-refractivity contribution in [3.05, 3.63) is 107 Å². The molecule has 0 aliphatic carbocycles. The maximum atomic E-state index is 12.0. The second-order valence-corrected chi connectivity index (χ2v) is 15.6. The molecule has 6 aromatic rings. The monoisotopic (exact) mass is 828 g/mol. The molecule has 6 rings (SSSR count). The summed E-state index contributed by atoms with van der Waals surface area (Å²) in [6, 6.07) is 20.5. The van der Waals surface area contributed by atoms with Crippen LogP contribution < -0.4 is 11.5 Å². The van der Waals surface area contributed by atoms with Gasteiger partial charge in [0.2, 0.25) is 0 Å². The first-order valence-corrected chi connectivity index (χ1v) is 19.4. The molecule has 0 saturated carbocycles. The molecule has 0 amide bonds.